The Labute approximate surface area is 138 Å². The normalized spacial score (nSPS) is 16.3. The lowest BCUT2D eigenvalue weighted by molar-refractivity contribution is 0.230. The van der Waals surface area contributed by atoms with Crippen LogP contribution in [0.4, 0.5) is 4.39 Å². The van der Waals surface area contributed by atoms with Crippen molar-refractivity contribution in [1.29, 1.82) is 0 Å². The van der Waals surface area contributed by atoms with Crippen molar-refractivity contribution in [2.75, 3.05) is 13.7 Å². The summed E-state index contributed by atoms with van der Waals surface area (Å²) in [6, 6.07) is 11.8. The van der Waals surface area contributed by atoms with Crippen molar-refractivity contribution in [3.05, 3.63) is 59.7 Å². The molecular weight excluding hydrogens is 311 g/mol. The first kappa shape index (κ1) is 14.7. The number of nitrogens with zero attached hydrogens (tertiary/aromatic N) is 2. The molecule has 0 radical (unpaired) electrons. The summed E-state index contributed by atoms with van der Waals surface area (Å²) >= 11 is 0. The van der Waals surface area contributed by atoms with E-state index in [1.165, 1.54) is 12.1 Å². The second-order valence-electron chi connectivity index (χ2n) is 5.65. The molecule has 1 aliphatic heterocycles. The Morgan fingerprint density at radius 1 is 1.21 bits per heavy atom. The Bertz CT molecular complexity index is 878. The predicted molar refractivity (Wildman–Crippen MR) is 84.6 cm³/mol. The van der Waals surface area contributed by atoms with Gasteiger partial charge >= 0.3 is 0 Å². The molecule has 0 spiro atoms. The maximum absolute atomic E-state index is 13.3. The maximum atomic E-state index is 13.3. The molecule has 1 aromatic heterocycles. The van der Waals surface area contributed by atoms with E-state index in [0.29, 0.717) is 23.9 Å². The first-order valence-corrected chi connectivity index (χ1v) is 7.62. The van der Waals surface area contributed by atoms with Crippen LogP contribution in [0.5, 0.6) is 11.5 Å². The van der Waals surface area contributed by atoms with Gasteiger partial charge in [0.25, 0.3) is 0 Å². The summed E-state index contributed by atoms with van der Waals surface area (Å²) in [5, 5.41) is 3.96. The van der Waals surface area contributed by atoms with Gasteiger partial charge in [0, 0.05) is 5.56 Å². The van der Waals surface area contributed by atoms with Crippen molar-refractivity contribution in [2.45, 2.75) is 12.3 Å². The Hall–Kier alpha value is -2.89. The summed E-state index contributed by atoms with van der Waals surface area (Å²) < 4.78 is 29.7. The molecule has 1 aliphatic rings. The van der Waals surface area contributed by atoms with E-state index in [1.54, 1.807) is 19.2 Å². The van der Waals surface area contributed by atoms with E-state index in [9.17, 15) is 4.39 Å². The molecule has 2 heterocycles. The molecule has 3 aromatic rings. The molecule has 6 heteroatoms. The fourth-order valence-electron chi connectivity index (χ4n) is 2.80. The van der Waals surface area contributed by atoms with Crippen molar-refractivity contribution in [3.8, 4) is 22.9 Å². The number of benzene rings is 2. The third-order valence-corrected chi connectivity index (χ3v) is 4.05. The van der Waals surface area contributed by atoms with E-state index >= 15 is 0 Å². The summed E-state index contributed by atoms with van der Waals surface area (Å²) in [6.45, 7) is 0.462. The summed E-state index contributed by atoms with van der Waals surface area (Å²) in [6.07, 6.45) is 0.720. The average molecular weight is 326 g/mol. The second-order valence-corrected chi connectivity index (χ2v) is 5.65. The van der Waals surface area contributed by atoms with Crippen molar-refractivity contribution in [2.24, 2.45) is 0 Å². The summed E-state index contributed by atoms with van der Waals surface area (Å²) in [7, 11) is 1.63. The van der Waals surface area contributed by atoms with Crippen LogP contribution in [-0.2, 0) is 6.42 Å². The largest absolute Gasteiger partial charge is 0.497 e. The van der Waals surface area contributed by atoms with Crippen LogP contribution in [0.3, 0.4) is 0 Å². The average Bonchev–Trinajstić information content (AvgIpc) is 3.11. The van der Waals surface area contributed by atoms with Gasteiger partial charge in [-0.05, 0) is 42.3 Å². The Balaban J connectivity index is 1.59. The van der Waals surface area contributed by atoms with Crippen molar-refractivity contribution in [1.82, 2.24) is 10.1 Å². The molecule has 0 N–H and O–H groups in total. The van der Waals surface area contributed by atoms with Gasteiger partial charge in [0.2, 0.25) is 11.7 Å². The van der Waals surface area contributed by atoms with E-state index in [2.05, 4.69) is 10.1 Å². The molecule has 0 fully saturated rings. The molecule has 4 rings (SSSR count). The van der Waals surface area contributed by atoms with Gasteiger partial charge in [0.1, 0.15) is 23.9 Å². The number of aromatic nitrogens is 2. The molecule has 0 saturated carbocycles. The molecule has 24 heavy (non-hydrogen) atoms. The third kappa shape index (κ3) is 2.71. The molecule has 0 bridgehead atoms. The Morgan fingerprint density at radius 3 is 2.96 bits per heavy atom. The third-order valence-electron chi connectivity index (χ3n) is 4.05. The lowest BCUT2D eigenvalue weighted by Gasteiger charge is -2.23. The topological polar surface area (TPSA) is 57.4 Å². The highest BCUT2D eigenvalue weighted by Crippen LogP contribution is 2.34. The fraction of sp³-hybridized carbons (Fsp3) is 0.222. The van der Waals surface area contributed by atoms with Crippen LogP contribution in [0.2, 0.25) is 0 Å². The smallest absolute Gasteiger partial charge is 0.233 e. The second kappa shape index (κ2) is 5.96. The predicted octanol–water partition coefficient (Wildman–Crippen LogP) is 3.60. The van der Waals surface area contributed by atoms with Crippen LogP contribution >= 0.6 is 0 Å². The van der Waals surface area contributed by atoms with Gasteiger partial charge in [0.05, 0.1) is 13.0 Å². The van der Waals surface area contributed by atoms with Gasteiger partial charge in [-0.3, -0.25) is 0 Å². The lowest BCUT2D eigenvalue weighted by atomic mass is 9.96. The van der Waals surface area contributed by atoms with E-state index in [0.717, 1.165) is 23.5 Å². The molecule has 2 aromatic carbocycles. The standard InChI is InChI=1S/C18H15FN2O3/c1-22-15-5-6-16-12(9-15)7-13(10-23-16)18-20-17(21-24-18)11-3-2-4-14(19)8-11/h2-6,8-9,13H,7,10H2,1H3. The number of halogens is 1. The first-order valence-electron chi connectivity index (χ1n) is 7.62. The fourth-order valence-corrected chi connectivity index (χ4v) is 2.80. The van der Waals surface area contributed by atoms with Crippen LogP contribution < -0.4 is 9.47 Å². The molecule has 122 valence electrons. The number of hydrogen-bond acceptors (Lipinski definition) is 5. The number of rotatable bonds is 3. The zero-order valence-corrected chi connectivity index (χ0v) is 13.0. The van der Waals surface area contributed by atoms with Crippen LogP contribution in [0.15, 0.2) is 47.0 Å². The molecular formula is C18H15FN2O3. The van der Waals surface area contributed by atoms with E-state index < -0.39 is 0 Å². The van der Waals surface area contributed by atoms with Crippen molar-refractivity contribution in [3.63, 3.8) is 0 Å². The lowest BCUT2D eigenvalue weighted by Crippen LogP contribution is -2.19. The summed E-state index contributed by atoms with van der Waals surface area (Å²) in [5.41, 5.74) is 1.62. The van der Waals surface area contributed by atoms with E-state index in [1.807, 2.05) is 18.2 Å². The first-order chi connectivity index (χ1) is 11.7. The summed E-state index contributed by atoms with van der Waals surface area (Å²) in [5.74, 6) is 2.12. The van der Waals surface area contributed by atoms with Crippen molar-refractivity contribution < 1.29 is 18.4 Å². The van der Waals surface area contributed by atoms with Crippen LogP contribution in [-0.4, -0.2) is 23.9 Å². The quantitative estimate of drug-likeness (QED) is 0.736. The van der Waals surface area contributed by atoms with Gasteiger partial charge in [-0.1, -0.05) is 17.3 Å². The van der Waals surface area contributed by atoms with Gasteiger partial charge in [-0.2, -0.15) is 4.98 Å². The minimum atomic E-state index is -0.333. The van der Waals surface area contributed by atoms with Crippen LogP contribution in [0.1, 0.15) is 17.4 Å². The highest BCUT2D eigenvalue weighted by Gasteiger charge is 2.27. The van der Waals surface area contributed by atoms with Gasteiger partial charge in [0.15, 0.2) is 0 Å². The van der Waals surface area contributed by atoms with Gasteiger partial charge in [-0.25, -0.2) is 4.39 Å². The number of ether oxygens (including phenoxy) is 2. The SMILES string of the molecule is COc1ccc2c(c1)CC(c1nc(-c3cccc(F)c3)no1)CO2. The Kier molecular flexibility index (Phi) is 3.65. The molecule has 1 atom stereocenters. The molecule has 0 saturated heterocycles. The number of hydrogen-bond donors (Lipinski definition) is 0. The van der Waals surface area contributed by atoms with Gasteiger partial charge < -0.3 is 14.0 Å². The monoisotopic (exact) mass is 326 g/mol. The minimum absolute atomic E-state index is 0.0422. The maximum Gasteiger partial charge on any atom is 0.233 e. The van der Waals surface area contributed by atoms with E-state index in [-0.39, 0.29) is 11.7 Å². The zero-order chi connectivity index (χ0) is 16.5. The highest BCUT2D eigenvalue weighted by atomic mass is 19.1. The summed E-state index contributed by atoms with van der Waals surface area (Å²) in [4.78, 5) is 4.41. The number of fused-ring (bicyclic) bond motifs is 1. The molecule has 0 amide bonds. The zero-order valence-electron chi connectivity index (χ0n) is 13.0. The van der Waals surface area contributed by atoms with E-state index in [4.69, 9.17) is 14.0 Å². The van der Waals surface area contributed by atoms with Gasteiger partial charge in [-0.15, -0.1) is 0 Å². The Morgan fingerprint density at radius 2 is 2.12 bits per heavy atom. The highest BCUT2D eigenvalue weighted by molar-refractivity contribution is 5.54. The van der Waals surface area contributed by atoms with Crippen LogP contribution in [0, 0.1) is 5.82 Å². The molecule has 0 aliphatic carbocycles. The number of methoxy groups -OCH3 is 1. The minimum Gasteiger partial charge on any atom is -0.497 e. The molecule has 5 nitrogen and oxygen atoms in total. The van der Waals surface area contributed by atoms with Crippen LogP contribution in [0.25, 0.3) is 11.4 Å². The molecule has 1 unspecified atom stereocenters. The van der Waals surface area contributed by atoms with Crippen molar-refractivity contribution >= 4 is 0 Å².